The molecule has 156 valence electrons. The van der Waals surface area contributed by atoms with Gasteiger partial charge >= 0.3 is 0 Å². The molecule has 5 nitrogen and oxygen atoms in total. The molecule has 0 aromatic heterocycles. The van der Waals surface area contributed by atoms with Gasteiger partial charge in [-0.2, -0.15) is 10.5 Å². The number of nitrogens with zero attached hydrogens (tertiary/aromatic N) is 4. The van der Waals surface area contributed by atoms with Crippen molar-refractivity contribution in [1.82, 2.24) is 10.2 Å². The van der Waals surface area contributed by atoms with Crippen LogP contribution >= 0.6 is 0 Å². The van der Waals surface area contributed by atoms with Gasteiger partial charge in [0.1, 0.15) is 0 Å². The molecule has 0 spiro atoms. The predicted octanol–water partition coefficient (Wildman–Crippen LogP) is 4.83. The summed E-state index contributed by atoms with van der Waals surface area (Å²) >= 11 is 0. The zero-order valence-corrected chi connectivity index (χ0v) is 18.2. The molecule has 0 amide bonds. The van der Waals surface area contributed by atoms with E-state index in [9.17, 15) is 0 Å². The summed E-state index contributed by atoms with van der Waals surface area (Å²) in [5.74, 6) is 0.449. The van der Waals surface area contributed by atoms with E-state index in [2.05, 4.69) is 65.8 Å². The SMILES string of the molecule is C=N/C(C)=C(\NCCC#N)c1cc(C(=C)N2CC(c3ccc(C#N)cc3)C2)ccc1C. The average Bonchev–Trinajstić information content (AvgIpc) is 2.76. The van der Waals surface area contributed by atoms with E-state index in [1.807, 2.05) is 31.2 Å². The highest BCUT2D eigenvalue weighted by Crippen LogP contribution is 2.34. The third kappa shape index (κ3) is 4.85. The minimum atomic E-state index is 0.421. The molecule has 0 unspecified atom stereocenters. The second-order valence-electron chi connectivity index (χ2n) is 7.77. The quantitative estimate of drug-likeness (QED) is 0.500. The van der Waals surface area contributed by atoms with Crippen molar-refractivity contribution in [3.8, 4) is 12.1 Å². The standard InChI is InChI=1S/C26H27N5/c1-18-6-9-23(14-25(18)26(19(2)29-4)30-13-5-12-27)20(3)31-16-24(17-31)22-10-7-21(15-28)8-11-22/h6-11,14,24,30H,3-5,13,16-17H2,1-2H3/b26-19-. The fourth-order valence-corrected chi connectivity index (χ4v) is 3.73. The molecular formula is C26H27N5. The van der Waals surface area contributed by atoms with Crippen molar-refractivity contribution in [3.05, 3.63) is 82.6 Å². The first-order chi connectivity index (χ1) is 15.0. The monoisotopic (exact) mass is 409 g/mol. The van der Waals surface area contributed by atoms with E-state index in [1.165, 1.54) is 5.56 Å². The third-order valence-electron chi connectivity index (χ3n) is 5.75. The van der Waals surface area contributed by atoms with Crippen molar-refractivity contribution in [2.75, 3.05) is 19.6 Å². The maximum absolute atomic E-state index is 8.97. The van der Waals surface area contributed by atoms with Crippen molar-refractivity contribution >= 4 is 18.1 Å². The highest BCUT2D eigenvalue weighted by atomic mass is 15.2. The Hall–Kier alpha value is -3.83. The van der Waals surface area contributed by atoms with Crippen LogP contribution in [0.3, 0.4) is 0 Å². The Morgan fingerprint density at radius 3 is 2.52 bits per heavy atom. The Kier molecular flexibility index (Phi) is 6.90. The molecule has 3 rings (SSSR count). The molecule has 2 aromatic rings. The van der Waals surface area contributed by atoms with E-state index in [4.69, 9.17) is 10.5 Å². The van der Waals surface area contributed by atoms with Gasteiger partial charge in [-0.3, -0.25) is 4.99 Å². The minimum absolute atomic E-state index is 0.421. The number of hydrogen-bond acceptors (Lipinski definition) is 5. The summed E-state index contributed by atoms with van der Waals surface area (Å²) in [6, 6.07) is 18.5. The molecule has 0 radical (unpaired) electrons. The number of nitrogens with one attached hydrogen (secondary N) is 1. The molecular weight excluding hydrogens is 382 g/mol. The zero-order valence-electron chi connectivity index (χ0n) is 18.2. The van der Waals surface area contributed by atoms with Crippen LogP contribution in [0, 0.1) is 29.6 Å². The van der Waals surface area contributed by atoms with E-state index in [-0.39, 0.29) is 0 Å². The summed E-state index contributed by atoms with van der Waals surface area (Å²) in [5, 5.41) is 21.2. The van der Waals surface area contributed by atoms with Gasteiger partial charge in [-0.15, -0.1) is 0 Å². The van der Waals surface area contributed by atoms with Crippen LogP contribution < -0.4 is 5.32 Å². The molecule has 1 N–H and O–H groups in total. The predicted molar refractivity (Wildman–Crippen MR) is 126 cm³/mol. The fourth-order valence-electron chi connectivity index (χ4n) is 3.73. The summed E-state index contributed by atoms with van der Waals surface area (Å²) in [6.45, 7) is 14.4. The van der Waals surface area contributed by atoms with E-state index in [0.29, 0.717) is 24.4 Å². The van der Waals surface area contributed by atoms with Crippen LogP contribution in [-0.2, 0) is 0 Å². The normalized spacial score (nSPS) is 14.0. The van der Waals surface area contributed by atoms with Crippen LogP contribution in [0.1, 0.15) is 47.1 Å². The third-order valence-corrected chi connectivity index (χ3v) is 5.75. The number of hydrogen-bond donors (Lipinski definition) is 1. The Morgan fingerprint density at radius 2 is 1.90 bits per heavy atom. The number of nitriles is 2. The van der Waals surface area contributed by atoms with Gasteiger partial charge in [0.05, 0.1) is 35.5 Å². The van der Waals surface area contributed by atoms with Crippen LogP contribution in [0.4, 0.5) is 0 Å². The van der Waals surface area contributed by atoms with E-state index >= 15 is 0 Å². The number of allylic oxidation sites excluding steroid dienone is 1. The van der Waals surface area contributed by atoms with Crippen molar-refractivity contribution in [1.29, 1.82) is 10.5 Å². The van der Waals surface area contributed by atoms with Crippen LogP contribution in [0.2, 0.25) is 0 Å². The number of likely N-dealkylation sites (tertiary alicyclic amines) is 1. The lowest BCUT2D eigenvalue weighted by atomic mass is 9.89. The van der Waals surface area contributed by atoms with Gasteiger partial charge in [-0.05, 0) is 55.5 Å². The van der Waals surface area contributed by atoms with Gasteiger partial charge in [-0.25, -0.2) is 0 Å². The molecule has 0 aliphatic carbocycles. The van der Waals surface area contributed by atoms with Gasteiger partial charge in [0.25, 0.3) is 0 Å². The fraction of sp³-hybridized carbons (Fsp3) is 0.269. The van der Waals surface area contributed by atoms with Crippen molar-refractivity contribution < 1.29 is 0 Å². The van der Waals surface area contributed by atoms with E-state index in [1.54, 1.807) is 0 Å². The highest BCUT2D eigenvalue weighted by Gasteiger charge is 2.29. The van der Waals surface area contributed by atoms with Gasteiger partial charge in [0, 0.05) is 36.8 Å². The largest absolute Gasteiger partial charge is 0.382 e. The smallest absolute Gasteiger partial charge is 0.0991 e. The van der Waals surface area contributed by atoms with E-state index in [0.717, 1.165) is 46.9 Å². The zero-order chi connectivity index (χ0) is 22.4. The molecule has 0 bridgehead atoms. The molecule has 1 aliphatic heterocycles. The summed E-state index contributed by atoms with van der Waals surface area (Å²) in [5.41, 5.74) is 7.87. The molecule has 31 heavy (non-hydrogen) atoms. The van der Waals surface area contributed by atoms with Crippen LogP contribution in [0.25, 0.3) is 11.4 Å². The molecule has 1 fully saturated rings. The topological polar surface area (TPSA) is 75.2 Å². The van der Waals surface area contributed by atoms with Crippen LogP contribution in [-0.4, -0.2) is 31.3 Å². The Balaban J connectivity index is 1.76. The minimum Gasteiger partial charge on any atom is -0.382 e. The number of aliphatic imine (C=N–C) groups is 1. The lowest BCUT2D eigenvalue weighted by Crippen LogP contribution is -2.43. The molecule has 0 atom stereocenters. The van der Waals surface area contributed by atoms with Gasteiger partial charge in [0.15, 0.2) is 0 Å². The lowest BCUT2D eigenvalue weighted by Gasteiger charge is -2.42. The first-order valence-electron chi connectivity index (χ1n) is 10.3. The second-order valence-corrected chi connectivity index (χ2v) is 7.77. The Bertz CT molecular complexity index is 1090. The Labute approximate surface area is 184 Å². The number of aryl methyl sites for hydroxylation is 1. The molecule has 5 heteroatoms. The summed E-state index contributed by atoms with van der Waals surface area (Å²) in [6.07, 6.45) is 0.421. The van der Waals surface area contributed by atoms with Crippen LogP contribution in [0.15, 0.2) is 59.7 Å². The first-order valence-corrected chi connectivity index (χ1v) is 10.3. The molecule has 1 saturated heterocycles. The number of benzene rings is 2. The maximum Gasteiger partial charge on any atom is 0.0991 e. The lowest BCUT2D eigenvalue weighted by molar-refractivity contribution is 0.237. The molecule has 0 saturated carbocycles. The van der Waals surface area contributed by atoms with Crippen molar-refractivity contribution in [3.63, 3.8) is 0 Å². The van der Waals surface area contributed by atoms with Gasteiger partial charge < -0.3 is 10.2 Å². The second kappa shape index (κ2) is 9.78. The summed E-state index contributed by atoms with van der Waals surface area (Å²) in [4.78, 5) is 6.39. The maximum atomic E-state index is 8.97. The molecule has 2 aromatic carbocycles. The van der Waals surface area contributed by atoms with Crippen LogP contribution in [0.5, 0.6) is 0 Å². The van der Waals surface area contributed by atoms with Crippen molar-refractivity contribution in [2.24, 2.45) is 4.99 Å². The highest BCUT2D eigenvalue weighted by molar-refractivity contribution is 5.74. The molecule has 1 aliphatic rings. The number of rotatable bonds is 8. The average molecular weight is 410 g/mol. The Morgan fingerprint density at radius 1 is 1.19 bits per heavy atom. The first kappa shape index (κ1) is 21.9. The van der Waals surface area contributed by atoms with E-state index < -0.39 is 0 Å². The van der Waals surface area contributed by atoms with Gasteiger partial charge in [-0.1, -0.05) is 30.8 Å². The molecule has 1 heterocycles. The summed E-state index contributed by atoms with van der Waals surface area (Å²) < 4.78 is 0. The van der Waals surface area contributed by atoms with Crippen molar-refractivity contribution in [2.45, 2.75) is 26.2 Å². The summed E-state index contributed by atoms with van der Waals surface area (Å²) in [7, 11) is 0. The van der Waals surface area contributed by atoms with Gasteiger partial charge in [0.2, 0.25) is 0 Å².